The van der Waals surface area contributed by atoms with E-state index >= 15 is 0 Å². The summed E-state index contributed by atoms with van der Waals surface area (Å²) < 4.78 is 0. The molecule has 0 saturated heterocycles. The molecule has 2 aliphatic heterocycles. The summed E-state index contributed by atoms with van der Waals surface area (Å²) in [6.45, 7) is 8.14. The molecule has 0 radical (unpaired) electrons. The number of benzene rings is 1. The highest BCUT2D eigenvalue weighted by Gasteiger charge is 2.29. The lowest BCUT2D eigenvalue weighted by molar-refractivity contribution is -0.133. The van der Waals surface area contributed by atoms with Crippen LogP contribution in [-0.4, -0.2) is 60.9 Å². The molecule has 0 saturated carbocycles. The van der Waals surface area contributed by atoms with Crippen molar-refractivity contribution in [3.05, 3.63) is 53.9 Å². The van der Waals surface area contributed by atoms with Gasteiger partial charge in [0.15, 0.2) is 0 Å². The van der Waals surface area contributed by atoms with Crippen LogP contribution in [0.2, 0.25) is 0 Å². The minimum atomic E-state index is -1.11. The highest BCUT2D eigenvalue weighted by atomic mass is 16.7. The van der Waals surface area contributed by atoms with E-state index in [1.165, 1.54) is 0 Å². The van der Waals surface area contributed by atoms with E-state index in [0.717, 1.165) is 12.2 Å². The summed E-state index contributed by atoms with van der Waals surface area (Å²) in [4.78, 5) is 55.6. The quantitative estimate of drug-likeness (QED) is 0.239. The Bertz CT molecular complexity index is 1080. The summed E-state index contributed by atoms with van der Waals surface area (Å²) in [7, 11) is 0. The van der Waals surface area contributed by atoms with Crippen molar-refractivity contribution in [1.29, 1.82) is 0 Å². The molecule has 1 aromatic rings. The molecule has 2 heterocycles. The maximum absolute atomic E-state index is 12.9. The van der Waals surface area contributed by atoms with Crippen molar-refractivity contribution in [2.75, 3.05) is 24.6 Å². The van der Waals surface area contributed by atoms with Crippen molar-refractivity contribution in [3.8, 4) is 0 Å². The molecule has 1 aromatic carbocycles. The van der Waals surface area contributed by atoms with Crippen molar-refractivity contribution in [1.82, 2.24) is 32.2 Å². The topological polar surface area (TPSA) is 153 Å². The van der Waals surface area contributed by atoms with Crippen LogP contribution in [0.15, 0.2) is 48.4 Å². The molecule has 0 bridgehead atoms. The Morgan fingerprint density at radius 1 is 1.16 bits per heavy atom. The van der Waals surface area contributed by atoms with Gasteiger partial charge in [-0.3, -0.25) is 24.2 Å². The van der Waals surface area contributed by atoms with Gasteiger partial charge >= 0.3 is 0 Å². The molecule has 2 aliphatic rings. The number of nitrogens with zero attached hydrogens (tertiary/aromatic N) is 1. The SMILES string of the molecule is CC1=CC(C(=O)N[C@@H](CC(=O)NC(C)(C)C)C(=O)NCCNC(=O)c2cccc(N3C=CCN3)c2)NO1. The summed E-state index contributed by atoms with van der Waals surface area (Å²) in [5.74, 6) is -1.19. The van der Waals surface area contributed by atoms with E-state index in [-0.39, 0.29) is 31.3 Å². The monoisotopic (exact) mass is 513 g/mol. The Morgan fingerprint density at radius 2 is 1.92 bits per heavy atom. The van der Waals surface area contributed by atoms with Crippen molar-refractivity contribution in [2.24, 2.45) is 0 Å². The maximum Gasteiger partial charge on any atom is 0.251 e. The molecule has 0 fully saturated rings. The molecule has 6 N–H and O–H groups in total. The van der Waals surface area contributed by atoms with Gasteiger partial charge < -0.3 is 26.1 Å². The molecule has 3 rings (SSSR count). The number of amides is 4. The average Bonchev–Trinajstić information content (AvgIpc) is 3.52. The summed E-state index contributed by atoms with van der Waals surface area (Å²) in [6.07, 6.45) is 5.17. The van der Waals surface area contributed by atoms with Crippen LogP contribution in [0, 0.1) is 0 Å². The average molecular weight is 514 g/mol. The zero-order valence-electron chi connectivity index (χ0n) is 21.5. The number of hydrogen-bond donors (Lipinski definition) is 6. The van der Waals surface area contributed by atoms with Crippen LogP contribution in [0.3, 0.4) is 0 Å². The molecule has 2 atom stereocenters. The Balaban J connectivity index is 1.52. The molecule has 37 heavy (non-hydrogen) atoms. The number of anilines is 1. The third-order valence-corrected chi connectivity index (χ3v) is 5.30. The number of nitrogens with one attached hydrogen (secondary N) is 6. The highest BCUT2D eigenvalue weighted by Crippen LogP contribution is 2.16. The minimum Gasteiger partial charge on any atom is -0.413 e. The van der Waals surface area contributed by atoms with Gasteiger partial charge in [0.1, 0.15) is 17.8 Å². The predicted octanol–water partition coefficient (Wildman–Crippen LogP) is -0.0323. The Labute approximate surface area is 216 Å². The van der Waals surface area contributed by atoms with Crippen molar-refractivity contribution in [3.63, 3.8) is 0 Å². The first-order chi connectivity index (χ1) is 17.5. The molecular formula is C25H35N7O5. The van der Waals surface area contributed by atoms with Crippen LogP contribution in [0.25, 0.3) is 0 Å². The molecule has 200 valence electrons. The molecule has 4 amide bonds. The second kappa shape index (κ2) is 12.4. The van der Waals surface area contributed by atoms with Gasteiger partial charge in [0.25, 0.3) is 5.91 Å². The number of carbonyl (C=O) groups is 4. The standard InChI is InChI=1S/C25H35N7O5/c1-16-13-20(31-37-16)24(36)29-19(15-21(33)30-25(2,3)4)23(35)27-11-10-26-22(34)17-7-5-8-18(14-17)32-12-6-9-28-32/h5-8,12-14,19-20,28,31H,9-11,15H2,1-4H3,(H,26,34)(H,27,35)(H,29,36)(H,30,33)/t19-,20?/m0/s1. The fourth-order valence-electron chi connectivity index (χ4n) is 3.64. The van der Waals surface area contributed by atoms with E-state index in [9.17, 15) is 19.2 Å². The van der Waals surface area contributed by atoms with E-state index in [1.807, 2.05) is 44.1 Å². The van der Waals surface area contributed by atoms with Crippen molar-refractivity contribution < 1.29 is 24.0 Å². The molecule has 0 aliphatic carbocycles. The lowest BCUT2D eigenvalue weighted by Crippen LogP contribution is -2.54. The van der Waals surface area contributed by atoms with Gasteiger partial charge in [-0.2, -0.15) is 0 Å². The minimum absolute atomic E-state index is 0.109. The number of hydrogen-bond acceptors (Lipinski definition) is 8. The number of rotatable bonds is 10. The molecule has 12 heteroatoms. The first-order valence-corrected chi connectivity index (χ1v) is 12.1. The molecule has 12 nitrogen and oxygen atoms in total. The number of carbonyl (C=O) groups excluding carboxylic acids is 4. The lowest BCUT2D eigenvalue weighted by Gasteiger charge is -2.24. The predicted molar refractivity (Wildman–Crippen MR) is 138 cm³/mol. The van der Waals surface area contributed by atoms with E-state index in [0.29, 0.717) is 11.3 Å². The van der Waals surface area contributed by atoms with Crippen molar-refractivity contribution in [2.45, 2.75) is 51.7 Å². The van der Waals surface area contributed by atoms with Crippen molar-refractivity contribution >= 4 is 29.3 Å². The largest absolute Gasteiger partial charge is 0.413 e. The lowest BCUT2D eigenvalue weighted by atomic mass is 10.1. The second-order valence-electron chi connectivity index (χ2n) is 9.75. The van der Waals surface area contributed by atoms with Gasteiger partial charge in [0.05, 0.1) is 12.1 Å². The first-order valence-electron chi connectivity index (χ1n) is 12.1. The third kappa shape index (κ3) is 8.62. The normalized spacial score (nSPS) is 17.5. The zero-order chi connectivity index (χ0) is 27.0. The summed E-state index contributed by atoms with van der Waals surface area (Å²) in [5, 5.41) is 12.7. The van der Waals surface area contributed by atoms with E-state index in [4.69, 9.17) is 4.84 Å². The Hall–Kier alpha value is -3.90. The van der Waals surface area contributed by atoms with Crippen LogP contribution in [0.4, 0.5) is 5.69 Å². The Morgan fingerprint density at radius 3 is 2.57 bits per heavy atom. The van der Waals surface area contributed by atoms with Gasteiger partial charge in [-0.25, -0.2) is 5.43 Å². The van der Waals surface area contributed by atoms with Gasteiger partial charge in [0, 0.05) is 36.9 Å². The van der Waals surface area contributed by atoms with E-state index in [2.05, 4.69) is 32.2 Å². The summed E-state index contributed by atoms with van der Waals surface area (Å²) in [6, 6.07) is 5.24. The van der Waals surface area contributed by atoms with Crippen LogP contribution in [0.5, 0.6) is 0 Å². The van der Waals surface area contributed by atoms with Gasteiger partial charge in [-0.1, -0.05) is 12.1 Å². The third-order valence-electron chi connectivity index (χ3n) is 5.30. The molecular weight excluding hydrogens is 478 g/mol. The van der Waals surface area contributed by atoms with Crippen LogP contribution >= 0.6 is 0 Å². The van der Waals surface area contributed by atoms with Gasteiger partial charge in [-0.05, 0) is 52.0 Å². The zero-order valence-corrected chi connectivity index (χ0v) is 21.5. The molecule has 0 aromatic heterocycles. The Kier molecular flexibility index (Phi) is 9.25. The maximum atomic E-state index is 12.9. The molecule has 1 unspecified atom stereocenters. The highest BCUT2D eigenvalue weighted by molar-refractivity contribution is 5.95. The van der Waals surface area contributed by atoms with Gasteiger partial charge in [0.2, 0.25) is 17.7 Å². The van der Waals surface area contributed by atoms with Crippen LogP contribution in [0.1, 0.15) is 44.5 Å². The first kappa shape index (κ1) is 27.7. The van der Waals surface area contributed by atoms with E-state index < -0.39 is 29.4 Å². The number of hydrazine groups is 1. The van der Waals surface area contributed by atoms with E-state index in [1.54, 1.807) is 31.2 Å². The summed E-state index contributed by atoms with van der Waals surface area (Å²) in [5.41, 5.74) is 6.50. The molecule has 0 spiro atoms. The number of hydroxylamine groups is 1. The second-order valence-corrected chi connectivity index (χ2v) is 9.75. The summed E-state index contributed by atoms with van der Waals surface area (Å²) >= 11 is 0. The van der Waals surface area contributed by atoms with Crippen LogP contribution < -0.4 is 37.2 Å². The fourth-order valence-corrected chi connectivity index (χ4v) is 3.64. The fraction of sp³-hybridized carbons (Fsp3) is 0.440. The smallest absolute Gasteiger partial charge is 0.251 e. The van der Waals surface area contributed by atoms with Gasteiger partial charge in [-0.15, -0.1) is 5.48 Å². The van der Waals surface area contributed by atoms with Crippen LogP contribution in [-0.2, 0) is 19.2 Å². The number of allylic oxidation sites excluding steroid dienone is 1.